The number of ether oxygens (including phenoxy) is 2. The van der Waals surface area contributed by atoms with Gasteiger partial charge in [-0.2, -0.15) is 5.26 Å². The maximum atomic E-state index is 11.5. The fraction of sp³-hybridized carbons (Fsp3) is 0.400. The second-order valence-electron chi connectivity index (χ2n) is 4.40. The van der Waals surface area contributed by atoms with Gasteiger partial charge in [0.2, 0.25) is 11.8 Å². The standard InChI is InChI=1S/C15H19N3O4/c1-21-8-9-22-11-15(20)17-10-12-2-4-13(5-3-12)18-14(19)6-7-16/h2-5H,6,8-11H2,1H3,(H,17,20)(H,18,19). The maximum absolute atomic E-state index is 11.5. The Morgan fingerprint density at radius 3 is 2.55 bits per heavy atom. The fourth-order valence-electron chi connectivity index (χ4n) is 1.54. The lowest BCUT2D eigenvalue weighted by atomic mass is 10.2. The van der Waals surface area contributed by atoms with Crippen molar-refractivity contribution in [3.63, 3.8) is 0 Å². The molecule has 7 nitrogen and oxygen atoms in total. The largest absolute Gasteiger partial charge is 0.382 e. The lowest BCUT2D eigenvalue weighted by Crippen LogP contribution is -2.27. The fourth-order valence-corrected chi connectivity index (χ4v) is 1.54. The third kappa shape index (κ3) is 7.38. The van der Waals surface area contributed by atoms with Crippen LogP contribution < -0.4 is 10.6 Å². The number of nitrogens with zero attached hydrogens (tertiary/aromatic N) is 1. The minimum atomic E-state index is -0.350. The van der Waals surface area contributed by atoms with Gasteiger partial charge >= 0.3 is 0 Å². The van der Waals surface area contributed by atoms with Gasteiger partial charge in [-0.15, -0.1) is 0 Å². The number of carbonyl (C=O) groups is 2. The van der Waals surface area contributed by atoms with Crippen LogP contribution in [0.15, 0.2) is 24.3 Å². The summed E-state index contributed by atoms with van der Waals surface area (Å²) < 4.78 is 9.90. The predicted octanol–water partition coefficient (Wildman–Crippen LogP) is 0.818. The molecule has 0 radical (unpaired) electrons. The molecule has 0 spiro atoms. The molecule has 2 N–H and O–H groups in total. The van der Waals surface area contributed by atoms with Gasteiger partial charge in [0.05, 0.1) is 19.3 Å². The Bertz CT molecular complexity index is 523. The smallest absolute Gasteiger partial charge is 0.246 e. The summed E-state index contributed by atoms with van der Waals surface area (Å²) in [5.41, 5.74) is 1.50. The molecular weight excluding hydrogens is 286 g/mol. The van der Waals surface area contributed by atoms with Crippen LogP contribution >= 0.6 is 0 Å². The molecule has 1 aromatic carbocycles. The summed E-state index contributed by atoms with van der Waals surface area (Å²) in [4.78, 5) is 22.7. The van der Waals surface area contributed by atoms with Crippen LogP contribution in [0, 0.1) is 11.3 Å². The van der Waals surface area contributed by atoms with Crippen LogP contribution in [0.5, 0.6) is 0 Å². The van der Waals surface area contributed by atoms with E-state index in [0.717, 1.165) is 5.56 Å². The van der Waals surface area contributed by atoms with Gasteiger partial charge in [-0.25, -0.2) is 0 Å². The number of carbonyl (C=O) groups excluding carboxylic acids is 2. The summed E-state index contributed by atoms with van der Waals surface area (Å²) in [6.45, 7) is 1.19. The molecule has 0 fully saturated rings. The molecule has 0 atom stereocenters. The highest BCUT2D eigenvalue weighted by molar-refractivity contribution is 5.92. The Hall–Kier alpha value is -2.43. The first kappa shape index (κ1) is 17.6. The maximum Gasteiger partial charge on any atom is 0.246 e. The Labute approximate surface area is 129 Å². The third-order valence-corrected chi connectivity index (χ3v) is 2.63. The van der Waals surface area contributed by atoms with E-state index in [9.17, 15) is 9.59 Å². The molecule has 2 amide bonds. The Morgan fingerprint density at radius 2 is 1.91 bits per heavy atom. The zero-order chi connectivity index (χ0) is 16.2. The van der Waals surface area contributed by atoms with Crippen molar-refractivity contribution in [3.05, 3.63) is 29.8 Å². The van der Waals surface area contributed by atoms with Crippen LogP contribution in [0.25, 0.3) is 0 Å². The summed E-state index contributed by atoms with van der Waals surface area (Å²) in [6, 6.07) is 8.78. The van der Waals surface area contributed by atoms with Gasteiger partial charge in [0, 0.05) is 19.3 Å². The minimum Gasteiger partial charge on any atom is -0.382 e. The Kier molecular flexibility index (Phi) is 8.27. The molecule has 7 heteroatoms. The van der Waals surface area contributed by atoms with E-state index in [0.29, 0.717) is 25.4 Å². The highest BCUT2D eigenvalue weighted by Crippen LogP contribution is 2.09. The lowest BCUT2D eigenvalue weighted by Gasteiger charge is -2.07. The molecule has 0 saturated heterocycles. The van der Waals surface area contributed by atoms with Gasteiger partial charge in [-0.1, -0.05) is 12.1 Å². The van der Waals surface area contributed by atoms with E-state index in [2.05, 4.69) is 10.6 Å². The number of anilines is 1. The average Bonchev–Trinajstić information content (AvgIpc) is 2.51. The summed E-state index contributed by atoms with van der Waals surface area (Å²) in [5, 5.41) is 13.7. The predicted molar refractivity (Wildman–Crippen MR) is 79.8 cm³/mol. The van der Waals surface area contributed by atoms with Crippen molar-refractivity contribution < 1.29 is 19.1 Å². The van der Waals surface area contributed by atoms with E-state index in [4.69, 9.17) is 14.7 Å². The monoisotopic (exact) mass is 305 g/mol. The van der Waals surface area contributed by atoms with E-state index in [1.165, 1.54) is 0 Å². The van der Waals surface area contributed by atoms with Gasteiger partial charge in [-0.3, -0.25) is 9.59 Å². The van der Waals surface area contributed by atoms with E-state index < -0.39 is 0 Å². The zero-order valence-electron chi connectivity index (χ0n) is 12.4. The number of hydrogen-bond donors (Lipinski definition) is 2. The molecule has 22 heavy (non-hydrogen) atoms. The van der Waals surface area contributed by atoms with Crippen LogP contribution in [-0.4, -0.2) is 38.7 Å². The Morgan fingerprint density at radius 1 is 1.18 bits per heavy atom. The number of amides is 2. The number of nitriles is 1. The van der Waals surface area contributed by atoms with Crippen molar-refractivity contribution in [1.82, 2.24) is 5.32 Å². The molecule has 0 aliphatic heterocycles. The molecule has 1 aromatic rings. The topological polar surface area (TPSA) is 100 Å². The van der Waals surface area contributed by atoms with Crippen LogP contribution in [0.1, 0.15) is 12.0 Å². The molecule has 0 saturated carbocycles. The number of benzene rings is 1. The average molecular weight is 305 g/mol. The summed E-state index contributed by atoms with van der Waals surface area (Å²) >= 11 is 0. The van der Waals surface area contributed by atoms with Crippen LogP contribution in [-0.2, 0) is 25.6 Å². The van der Waals surface area contributed by atoms with Crippen molar-refractivity contribution >= 4 is 17.5 Å². The van der Waals surface area contributed by atoms with Gasteiger partial charge in [-0.05, 0) is 17.7 Å². The van der Waals surface area contributed by atoms with Crippen LogP contribution in [0.4, 0.5) is 5.69 Å². The van der Waals surface area contributed by atoms with E-state index >= 15 is 0 Å². The highest BCUT2D eigenvalue weighted by atomic mass is 16.5. The van der Waals surface area contributed by atoms with Crippen molar-refractivity contribution in [3.8, 4) is 6.07 Å². The van der Waals surface area contributed by atoms with Gasteiger partial charge in [0.25, 0.3) is 0 Å². The number of methoxy groups -OCH3 is 1. The summed E-state index contributed by atoms with van der Waals surface area (Å²) in [7, 11) is 1.57. The molecular formula is C15H19N3O4. The van der Waals surface area contributed by atoms with Crippen molar-refractivity contribution in [1.29, 1.82) is 5.26 Å². The van der Waals surface area contributed by atoms with Crippen LogP contribution in [0.3, 0.4) is 0 Å². The summed E-state index contributed by atoms with van der Waals surface area (Å²) in [5.74, 6) is -0.556. The van der Waals surface area contributed by atoms with E-state index in [1.54, 1.807) is 37.4 Å². The van der Waals surface area contributed by atoms with Gasteiger partial charge in [0.15, 0.2) is 0 Å². The third-order valence-electron chi connectivity index (χ3n) is 2.63. The van der Waals surface area contributed by atoms with Gasteiger partial charge < -0.3 is 20.1 Å². The van der Waals surface area contributed by atoms with Crippen molar-refractivity contribution in [2.75, 3.05) is 32.2 Å². The molecule has 0 heterocycles. The normalized spacial score (nSPS) is 9.82. The first-order valence-electron chi connectivity index (χ1n) is 6.75. The minimum absolute atomic E-state index is 0.00827. The van der Waals surface area contributed by atoms with Crippen molar-refractivity contribution in [2.45, 2.75) is 13.0 Å². The molecule has 0 bridgehead atoms. The molecule has 0 aliphatic rings. The highest BCUT2D eigenvalue weighted by Gasteiger charge is 2.03. The van der Waals surface area contributed by atoms with Crippen molar-refractivity contribution in [2.24, 2.45) is 0 Å². The van der Waals surface area contributed by atoms with Crippen LogP contribution in [0.2, 0.25) is 0 Å². The number of nitrogens with one attached hydrogen (secondary N) is 2. The second kappa shape index (κ2) is 10.3. The quantitative estimate of drug-likeness (QED) is 0.658. The first-order valence-corrected chi connectivity index (χ1v) is 6.75. The Balaban J connectivity index is 2.31. The second-order valence-corrected chi connectivity index (χ2v) is 4.40. The summed E-state index contributed by atoms with van der Waals surface area (Å²) in [6.07, 6.45) is -0.180. The molecule has 1 rings (SSSR count). The molecule has 0 unspecified atom stereocenters. The molecule has 0 aromatic heterocycles. The van der Waals surface area contributed by atoms with Gasteiger partial charge in [0.1, 0.15) is 13.0 Å². The van der Waals surface area contributed by atoms with E-state index in [1.807, 2.05) is 0 Å². The molecule has 0 aliphatic carbocycles. The molecule has 118 valence electrons. The number of rotatable bonds is 9. The zero-order valence-corrected chi connectivity index (χ0v) is 12.4. The number of hydrogen-bond acceptors (Lipinski definition) is 5. The van der Waals surface area contributed by atoms with E-state index in [-0.39, 0.29) is 24.8 Å². The SMILES string of the molecule is COCCOCC(=O)NCc1ccc(NC(=O)CC#N)cc1. The lowest BCUT2D eigenvalue weighted by molar-refractivity contribution is -0.126. The first-order chi connectivity index (χ1) is 10.7.